The first kappa shape index (κ1) is 9.84. The van der Waals surface area contributed by atoms with Crippen molar-refractivity contribution < 1.29 is 14.9 Å². The number of ether oxygens (including phenoxy) is 1. The second-order valence-electron chi connectivity index (χ2n) is 1.94. The van der Waals surface area contributed by atoms with E-state index in [4.69, 9.17) is 14.9 Å². The van der Waals surface area contributed by atoms with Gasteiger partial charge in [0, 0.05) is 13.1 Å². The van der Waals surface area contributed by atoms with Gasteiger partial charge in [0.05, 0.1) is 13.2 Å². The lowest BCUT2D eigenvalue weighted by Gasteiger charge is -2.06. The van der Waals surface area contributed by atoms with Crippen LogP contribution in [0.2, 0.25) is 0 Å². The Balaban J connectivity index is 2.77. The fraction of sp³-hybridized carbons (Fsp3) is 1.00. The summed E-state index contributed by atoms with van der Waals surface area (Å²) in [5, 5.41) is 19.8. The Morgan fingerprint density at radius 1 is 1.50 bits per heavy atom. The number of nitrogens with one attached hydrogen (secondary N) is 1. The Hall–Kier alpha value is -0.160. The second kappa shape index (κ2) is 6.95. The monoisotopic (exact) mass is 149 g/mol. The van der Waals surface area contributed by atoms with Crippen LogP contribution in [0.3, 0.4) is 0 Å². The van der Waals surface area contributed by atoms with Crippen molar-refractivity contribution in [2.24, 2.45) is 0 Å². The number of hydrogen-bond acceptors (Lipinski definition) is 4. The summed E-state index contributed by atoms with van der Waals surface area (Å²) in [5.74, 6) is 0. The smallest absolute Gasteiger partial charge is 0.151 e. The summed E-state index contributed by atoms with van der Waals surface area (Å²) in [6.07, 6.45) is -0.698. The molecule has 0 aromatic heterocycles. The van der Waals surface area contributed by atoms with Gasteiger partial charge in [-0.25, -0.2) is 0 Å². The van der Waals surface area contributed by atoms with Crippen molar-refractivity contribution in [1.82, 2.24) is 5.32 Å². The molecule has 0 spiro atoms. The Bertz CT molecular complexity index is 68.0. The fourth-order valence-electron chi connectivity index (χ4n) is 0.506. The highest BCUT2D eigenvalue weighted by Crippen LogP contribution is 1.80. The fourth-order valence-corrected chi connectivity index (χ4v) is 0.506. The predicted molar refractivity (Wildman–Crippen MR) is 37.6 cm³/mol. The van der Waals surface area contributed by atoms with E-state index in [1.165, 1.54) is 0 Å². The zero-order valence-corrected chi connectivity index (χ0v) is 6.21. The van der Waals surface area contributed by atoms with E-state index in [1.807, 2.05) is 0 Å². The van der Waals surface area contributed by atoms with Crippen molar-refractivity contribution in [3.63, 3.8) is 0 Å². The minimum Gasteiger partial charge on any atom is -0.395 e. The third-order valence-electron chi connectivity index (χ3n) is 0.926. The molecule has 62 valence electrons. The first-order valence-corrected chi connectivity index (χ1v) is 3.38. The predicted octanol–water partition coefficient (Wildman–Crippen LogP) is -1.08. The third-order valence-corrected chi connectivity index (χ3v) is 0.926. The number of aliphatic hydroxyl groups is 2. The highest BCUT2D eigenvalue weighted by molar-refractivity contribution is 4.42. The molecule has 0 aromatic rings. The van der Waals surface area contributed by atoms with Gasteiger partial charge in [0.1, 0.15) is 0 Å². The van der Waals surface area contributed by atoms with Crippen LogP contribution in [0.15, 0.2) is 0 Å². The summed E-state index contributed by atoms with van der Waals surface area (Å²) in [6.45, 7) is 3.40. The molecule has 1 atom stereocenters. The maximum Gasteiger partial charge on any atom is 0.151 e. The van der Waals surface area contributed by atoms with Gasteiger partial charge in [-0.05, 0) is 6.92 Å². The van der Waals surface area contributed by atoms with Gasteiger partial charge < -0.3 is 20.3 Å². The zero-order chi connectivity index (χ0) is 7.82. The van der Waals surface area contributed by atoms with Crippen LogP contribution in [0, 0.1) is 0 Å². The van der Waals surface area contributed by atoms with E-state index < -0.39 is 6.29 Å². The van der Waals surface area contributed by atoms with E-state index in [-0.39, 0.29) is 6.61 Å². The first-order valence-electron chi connectivity index (χ1n) is 3.38. The van der Waals surface area contributed by atoms with Gasteiger partial charge in [0.2, 0.25) is 0 Å². The summed E-state index contributed by atoms with van der Waals surface area (Å²) in [6, 6.07) is 0. The van der Waals surface area contributed by atoms with Crippen molar-refractivity contribution in [2.75, 3.05) is 26.3 Å². The van der Waals surface area contributed by atoms with Gasteiger partial charge in [-0.2, -0.15) is 0 Å². The topological polar surface area (TPSA) is 61.7 Å². The molecule has 0 aliphatic heterocycles. The SMILES string of the molecule is CC(O)OCCNCCO. The van der Waals surface area contributed by atoms with E-state index in [9.17, 15) is 0 Å². The molecular formula is C6H15NO3. The van der Waals surface area contributed by atoms with Crippen LogP contribution in [-0.2, 0) is 4.74 Å². The molecule has 0 aliphatic carbocycles. The quantitative estimate of drug-likeness (QED) is 0.332. The molecule has 0 heterocycles. The number of rotatable bonds is 6. The first-order chi connectivity index (χ1) is 4.77. The minimum absolute atomic E-state index is 0.134. The molecule has 0 rings (SSSR count). The summed E-state index contributed by atoms with van der Waals surface area (Å²) >= 11 is 0. The molecule has 10 heavy (non-hydrogen) atoms. The molecule has 1 unspecified atom stereocenters. The normalized spacial score (nSPS) is 13.5. The molecule has 0 fully saturated rings. The molecular weight excluding hydrogens is 134 g/mol. The Kier molecular flexibility index (Phi) is 6.84. The summed E-state index contributed by atoms with van der Waals surface area (Å²) in [7, 11) is 0. The second-order valence-corrected chi connectivity index (χ2v) is 1.94. The average molecular weight is 149 g/mol. The van der Waals surface area contributed by atoms with Crippen molar-refractivity contribution in [2.45, 2.75) is 13.2 Å². The molecule has 3 N–H and O–H groups in total. The number of hydrogen-bond donors (Lipinski definition) is 3. The summed E-state index contributed by atoms with van der Waals surface area (Å²) in [4.78, 5) is 0. The molecule has 0 radical (unpaired) electrons. The minimum atomic E-state index is -0.698. The summed E-state index contributed by atoms with van der Waals surface area (Å²) < 4.78 is 4.80. The van der Waals surface area contributed by atoms with E-state index in [2.05, 4.69) is 5.32 Å². The van der Waals surface area contributed by atoms with Gasteiger partial charge in [0.15, 0.2) is 6.29 Å². The van der Waals surface area contributed by atoms with E-state index in [0.717, 1.165) is 0 Å². The van der Waals surface area contributed by atoms with Crippen LogP contribution >= 0.6 is 0 Å². The molecule has 4 nitrogen and oxygen atoms in total. The lowest BCUT2D eigenvalue weighted by molar-refractivity contribution is -0.0834. The average Bonchev–Trinajstić information content (AvgIpc) is 1.87. The van der Waals surface area contributed by atoms with Gasteiger partial charge in [0.25, 0.3) is 0 Å². The molecule has 0 saturated carbocycles. The largest absolute Gasteiger partial charge is 0.395 e. The lowest BCUT2D eigenvalue weighted by Crippen LogP contribution is -2.24. The molecule has 0 amide bonds. The van der Waals surface area contributed by atoms with Crippen molar-refractivity contribution >= 4 is 0 Å². The van der Waals surface area contributed by atoms with Gasteiger partial charge in [-0.1, -0.05) is 0 Å². The molecule has 4 heteroatoms. The van der Waals surface area contributed by atoms with Crippen molar-refractivity contribution in [1.29, 1.82) is 0 Å². The number of aliphatic hydroxyl groups excluding tert-OH is 2. The maximum atomic E-state index is 8.61. The Morgan fingerprint density at radius 2 is 2.20 bits per heavy atom. The van der Waals surface area contributed by atoms with Crippen LogP contribution in [0.5, 0.6) is 0 Å². The Labute approximate surface area is 60.8 Å². The third kappa shape index (κ3) is 7.84. The van der Waals surface area contributed by atoms with E-state index in [1.54, 1.807) is 6.92 Å². The molecule has 0 bridgehead atoms. The van der Waals surface area contributed by atoms with Crippen LogP contribution in [0.25, 0.3) is 0 Å². The molecule has 0 saturated heterocycles. The Morgan fingerprint density at radius 3 is 2.70 bits per heavy atom. The summed E-state index contributed by atoms with van der Waals surface area (Å²) in [5.41, 5.74) is 0. The molecule has 0 aromatic carbocycles. The van der Waals surface area contributed by atoms with Crippen LogP contribution in [-0.4, -0.2) is 42.8 Å². The molecule has 0 aliphatic rings. The maximum absolute atomic E-state index is 8.61. The van der Waals surface area contributed by atoms with Crippen LogP contribution < -0.4 is 5.32 Å². The van der Waals surface area contributed by atoms with Crippen LogP contribution in [0.1, 0.15) is 6.92 Å². The van der Waals surface area contributed by atoms with Crippen molar-refractivity contribution in [3.8, 4) is 0 Å². The standard InChI is InChI=1S/C6H15NO3/c1-6(9)10-5-3-7-2-4-8/h6-9H,2-5H2,1H3. The van der Waals surface area contributed by atoms with Gasteiger partial charge >= 0.3 is 0 Å². The lowest BCUT2D eigenvalue weighted by atomic mass is 10.6. The zero-order valence-electron chi connectivity index (χ0n) is 6.21. The van der Waals surface area contributed by atoms with E-state index >= 15 is 0 Å². The van der Waals surface area contributed by atoms with Crippen LogP contribution in [0.4, 0.5) is 0 Å². The highest BCUT2D eigenvalue weighted by Gasteiger charge is 1.92. The highest BCUT2D eigenvalue weighted by atomic mass is 16.6. The van der Waals surface area contributed by atoms with E-state index in [0.29, 0.717) is 19.7 Å². The van der Waals surface area contributed by atoms with Gasteiger partial charge in [-0.3, -0.25) is 0 Å². The van der Waals surface area contributed by atoms with Gasteiger partial charge in [-0.15, -0.1) is 0 Å². The van der Waals surface area contributed by atoms with Crippen molar-refractivity contribution in [3.05, 3.63) is 0 Å².